The molecule has 34 heavy (non-hydrogen) atoms. The highest BCUT2D eigenvalue weighted by Gasteiger charge is 2.54. The van der Waals surface area contributed by atoms with Crippen molar-refractivity contribution < 1.29 is 33.8 Å². The van der Waals surface area contributed by atoms with Crippen LogP contribution in [0.2, 0.25) is 0 Å². The van der Waals surface area contributed by atoms with Gasteiger partial charge in [0.25, 0.3) is 0 Å². The van der Waals surface area contributed by atoms with Gasteiger partial charge >= 0.3 is 5.97 Å². The highest BCUT2D eigenvalue weighted by atomic mass is 16.5. The molecule has 9 unspecified atom stereocenters. The summed E-state index contributed by atoms with van der Waals surface area (Å²) < 4.78 is 6.36. The number of imide groups is 2. The van der Waals surface area contributed by atoms with Crippen LogP contribution in [0.1, 0.15) is 64.7 Å². The van der Waals surface area contributed by atoms with Gasteiger partial charge in [-0.15, -0.1) is 0 Å². The smallest absolute Gasteiger partial charge is 0.306 e. The fourth-order valence-corrected chi connectivity index (χ4v) is 7.33. The third-order valence-corrected chi connectivity index (χ3v) is 9.03. The van der Waals surface area contributed by atoms with Gasteiger partial charge in [0.05, 0.1) is 41.8 Å². The van der Waals surface area contributed by atoms with E-state index in [4.69, 9.17) is 4.74 Å². The van der Waals surface area contributed by atoms with Gasteiger partial charge in [0.1, 0.15) is 0 Å². The molecule has 3 aliphatic carbocycles. The number of carboxylic acids is 1. The normalized spacial score (nSPS) is 42.7. The summed E-state index contributed by atoms with van der Waals surface area (Å²) in [6.45, 7) is 1.99. The molecule has 5 rings (SSSR count). The Morgan fingerprint density at radius 1 is 0.765 bits per heavy atom. The van der Waals surface area contributed by atoms with Gasteiger partial charge in [0, 0.05) is 13.1 Å². The van der Waals surface area contributed by atoms with Crippen LogP contribution < -0.4 is 0 Å². The number of aliphatic carboxylic acids is 1. The number of hydrogen-bond acceptors (Lipinski definition) is 6. The van der Waals surface area contributed by atoms with Crippen molar-refractivity contribution in [3.8, 4) is 0 Å². The molecule has 2 saturated heterocycles. The Bertz CT molecular complexity index is 919. The average molecular weight is 475 g/mol. The maximum absolute atomic E-state index is 13.3. The van der Waals surface area contributed by atoms with Gasteiger partial charge in [-0.25, -0.2) is 0 Å². The van der Waals surface area contributed by atoms with E-state index in [1.807, 2.05) is 6.92 Å². The van der Waals surface area contributed by atoms with Gasteiger partial charge in [0.2, 0.25) is 23.6 Å². The highest BCUT2D eigenvalue weighted by Crippen LogP contribution is 2.45. The molecule has 1 N–H and O–H groups in total. The Morgan fingerprint density at radius 3 is 1.91 bits per heavy atom. The lowest BCUT2D eigenvalue weighted by Gasteiger charge is -2.36. The number of hydrogen-bond donors (Lipinski definition) is 1. The standard InChI is InChI=1S/C25H34N2O7/c1-12-7-13(25(32)33)9-14(8-12)27-23(30)18-6-4-16(11-20(18)24(27)31)34-15-3-5-17-19(10-15)22(29)26(2)21(17)28/h12-20H,3-11H2,1-2H3,(H,32,33). The van der Waals surface area contributed by atoms with Gasteiger partial charge < -0.3 is 9.84 Å². The zero-order valence-corrected chi connectivity index (χ0v) is 19.9. The van der Waals surface area contributed by atoms with Crippen LogP contribution in [0.15, 0.2) is 0 Å². The minimum absolute atomic E-state index is 0.0914. The molecule has 186 valence electrons. The van der Waals surface area contributed by atoms with E-state index in [0.29, 0.717) is 57.8 Å². The van der Waals surface area contributed by atoms with Crippen LogP contribution in [0.25, 0.3) is 0 Å². The van der Waals surface area contributed by atoms with Crippen LogP contribution in [0, 0.1) is 35.5 Å². The van der Waals surface area contributed by atoms with E-state index in [0.717, 1.165) is 0 Å². The molecule has 9 atom stereocenters. The summed E-state index contributed by atoms with van der Waals surface area (Å²) in [5.74, 6) is -3.06. The van der Waals surface area contributed by atoms with Crippen molar-refractivity contribution in [1.29, 1.82) is 0 Å². The number of fused-ring (bicyclic) bond motifs is 2. The second-order valence-electron chi connectivity index (χ2n) is 11.2. The number of carbonyl (C=O) groups excluding carboxylic acids is 4. The van der Waals surface area contributed by atoms with Crippen LogP contribution in [0.5, 0.6) is 0 Å². The summed E-state index contributed by atoms with van der Waals surface area (Å²) in [6.07, 6.45) is 4.93. The van der Waals surface area contributed by atoms with Gasteiger partial charge in [-0.1, -0.05) is 6.92 Å². The summed E-state index contributed by atoms with van der Waals surface area (Å²) in [4.78, 5) is 65.4. The Morgan fingerprint density at radius 2 is 1.29 bits per heavy atom. The predicted molar refractivity (Wildman–Crippen MR) is 118 cm³/mol. The molecular formula is C25H34N2O7. The lowest BCUT2D eigenvalue weighted by molar-refractivity contribution is -0.150. The van der Waals surface area contributed by atoms with Gasteiger partial charge in [-0.2, -0.15) is 0 Å². The molecule has 3 saturated carbocycles. The average Bonchev–Trinajstić information content (AvgIpc) is 3.18. The number of nitrogens with zero attached hydrogens (tertiary/aromatic N) is 2. The molecule has 2 aliphatic heterocycles. The Kier molecular flexibility index (Phi) is 6.02. The zero-order chi connectivity index (χ0) is 24.3. The Labute approximate surface area is 199 Å². The maximum atomic E-state index is 13.3. The maximum Gasteiger partial charge on any atom is 0.306 e. The van der Waals surface area contributed by atoms with Crippen LogP contribution in [0.4, 0.5) is 0 Å². The topological polar surface area (TPSA) is 121 Å². The zero-order valence-electron chi connectivity index (χ0n) is 19.9. The molecule has 0 aromatic heterocycles. The number of amides is 4. The fraction of sp³-hybridized carbons (Fsp3) is 0.800. The second kappa shape index (κ2) is 8.73. The number of carbonyl (C=O) groups is 5. The van der Waals surface area contributed by atoms with Crippen LogP contribution in [-0.2, 0) is 28.7 Å². The monoisotopic (exact) mass is 474 g/mol. The molecule has 0 bridgehead atoms. The fourth-order valence-electron chi connectivity index (χ4n) is 7.33. The first-order chi connectivity index (χ1) is 16.2. The van der Waals surface area contributed by atoms with Gasteiger partial charge in [-0.3, -0.25) is 33.8 Å². The van der Waals surface area contributed by atoms with E-state index in [9.17, 15) is 29.1 Å². The summed E-state index contributed by atoms with van der Waals surface area (Å²) in [6, 6.07) is -0.340. The number of carboxylic acid groups (broad SMARTS) is 1. The second-order valence-corrected chi connectivity index (χ2v) is 11.2. The first-order valence-electron chi connectivity index (χ1n) is 12.7. The largest absolute Gasteiger partial charge is 0.481 e. The molecule has 9 heteroatoms. The Hall–Kier alpha value is -2.29. The molecule has 2 heterocycles. The van der Waals surface area contributed by atoms with Crippen molar-refractivity contribution in [1.82, 2.24) is 9.80 Å². The molecule has 0 radical (unpaired) electrons. The minimum atomic E-state index is -0.857. The van der Waals surface area contributed by atoms with Crippen molar-refractivity contribution in [2.24, 2.45) is 35.5 Å². The number of rotatable bonds is 4. The SMILES string of the molecule is CC1CC(C(=O)O)CC(N2C(=O)C3CCC(OC4CCC5C(=O)N(C)C(=O)C5C4)CC3C2=O)C1. The number of ether oxygens (including phenoxy) is 1. The van der Waals surface area contributed by atoms with Crippen molar-refractivity contribution >= 4 is 29.6 Å². The van der Waals surface area contributed by atoms with Crippen LogP contribution in [0.3, 0.4) is 0 Å². The lowest BCUT2D eigenvalue weighted by atomic mass is 9.78. The van der Waals surface area contributed by atoms with Crippen molar-refractivity contribution in [2.75, 3.05) is 7.05 Å². The van der Waals surface area contributed by atoms with Crippen LogP contribution >= 0.6 is 0 Å². The quantitative estimate of drug-likeness (QED) is 0.617. The van der Waals surface area contributed by atoms with E-state index in [1.54, 1.807) is 7.05 Å². The summed E-state index contributed by atoms with van der Waals surface area (Å²) in [5.41, 5.74) is 0. The minimum Gasteiger partial charge on any atom is -0.481 e. The molecule has 5 aliphatic rings. The summed E-state index contributed by atoms with van der Waals surface area (Å²) in [5, 5.41) is 9.50. The van der Waals surface area contributed by atoms with E-state index in [1.165, 1.54) is 9.80 Å². The molecule has 9 nitrogen and oxygen atoms in total. The van der Waals surface area contributed by atoms with E-state index >= 15 is 0 Å². The van der Waals surface area contributed by atoms with Crippen LogP contribution in [-0.4, -0.2) is 69.8 Å². The molecule has 0 aromatic carbocycles. The third-order valence-electron chi connectivity index (χ3n) is 9.03. The summed E-state index contributed by atoms with van der Waals surface area (Å²) in [7, 11) is 1.54. The molecule has 4 amide bonds. The van der Waals surface area contributed by atoms with E-state index in [-0.39, 0.29) is 65.6 Å². The lowest BCUT2D eigenvalue weighted by Crippen LogP contribution is -2.46. The van der Waals surface area contributed by atoms with Crippen molar-refractivity contribution in [3.05, 3.63) is 0 Å². The highest BCUT2D eigenvalue weighted by molar-refractivity contribution is 6.06. The molecule has 0 aromatic rings. The van der Waals surface area contributed by atoms with Crippen molar-refractivity contribution in [3.63, 3.8) is 0 Å². The molecule has 0 spiro atoms. The number of likely N-dealkylation sites (tertiary alicyclic amines) is 2. The van der Waals surface area contributed by atoms with E-state index < -0.39 is 17.8 Å². The first kappa shape index (κ1) is 23.5. The molecular weight excluding hydrogens is 440 g/mol. The molecule has 5 fully saturated rings. The third kappa shape index (κ3) is 3.85. The van der Waals surface area contributed by atoms with E-state index in [2.05, 4.69) is 0 Å². The predicted octanol–water partition coefficient (Wildman–Crippen LogP) is 1.83. The van der Waals surface area contributed by atoms with Gasteiger partial charge in [-0.05, 0) is 63.7 Å². The van der Waals surface area contributed by atoms with Crippen molar-refractivity contribution in [2.45, 2.75) is 83.0 Å². The Balaban J connectivity index is 1.22. The summed E-state index contributed by atoms with van der Waals surface area (Å²) >= 11 is 0. The first-order valence-corrected chi connectivity index (χ1v) is 12.7. The van der Waals surface area contributed by atoms with Gasteiger partial charge in [0.15, 0.2) is 0 Å².